The lowest BCUT2D eigenvalue weighted by Gasteiger charge is -2.31. The highest BCUT2D eigenvalue weighted by atomic mass is 15.5. The van der Waals surface area contributed by atoms with Crippen molar-refractivity contribution in [2.75, 3.05) is 6.54 Å². The van der Waals surface area contributed by atoms with E-state index in [-0.39, 0.29) is 0 Å². The highest BCUT2D eigenvalue weighted by molar-refractivity contribution is 4.62. The van der Waals surface area contributed by atoms with Crippen molar-refractivity contribution in [3.63, 3.8) is 0 Å². The molecule has 2 heteroatoms. The van der Waals surface area contributed by atoms with E-state index in [1.165, 1.54) is 12.8 Å². The van der Waals surface area contributed by atoms with Gasteiger partial charge >= 0.3 is 0 Å². The normalized spacial score (nSPS) is 12.0. The molecule has 74 valence electrons. The third kappa shape index (κ3) is 4.73. The molecule has 2 nitrogen and oxygen atoms in total. The summed E-state index contributed by atoms with van der Waals surface area (Å²) in [7, 11) is 0. The molecule has 1 N–H and O–H groups in total. The van der Waals surface area contributed by atoms with E-state index in [0.717, 1.165) is 6.54 Å². The molecule has 0 unspecified atom stereocenters. The minimum Gasteiger partial charge on any atom is -0.255 e. The molecule has 0 aromatic heterocycles. The van der Waals surface area contributed by atoms with Crippen molar-refractivity contribution >= 4 is 0 Å². The van der Waals surface area contributed by atoms with Crippen LogP contribution in [-0.2, 0) is 0 Å². The van der Waals surface area contributed by atoms with Crippen LogP contribution in [0.3, 0.4) is 0 Å². The van der Waals surface area contributed by atoms with Crippen LogP contribution >= 0.6 is 0 Å². The van der Waals surface area contributed by atoms with E-state index in [9.17, 15) is 0 Å². The Morgan fingerprint density at radius 2 is 1.58 bits per heavy atom. The Bertz CT molecular complexity index is 92.0. The SMILES string of the molecule is CCCCNN(C(C)C)C(C)C. The van der Waals surface area contributed by atoms with Crippen LogP contribution in [-0.4, -0.2) is 23.6 Å². The van der Waals surface area contributed by atoms with Gasteiger partial charge in [0, 0.05) is 18.6 Å². The Kier molecular flexibility index (Phi) is 6.39. The van der Waals surface area contributed by atoms with Gasteiger partial charge in [-0.3, -0.25) is 5.43 Å². The van der Waals surface area contributed by atoms with E-state index < -0.39 is 0 Å². The van der Waals surface area contributed by atoms with Gasteiger partial charge in [-0.25, -0.2) is 5.01 Å². The first-order valence-corrected chi connectivity index (χ1v) is 5.11. The fraction of sp³-hybridized carbons (Fsp3) is 1.00. The number of hydrazine groups is 1. The van der Waals surface area contributed by atoms with Gasteiger partial charge in [0.25, 0.3) is 0 Å². The van der Waals surface area contributed by atoms with Crippen molar-refractivity contribution in [2.24, 2.45) is 0 Å². The number of hydrogen-bond acceptors (Lipinski definition) is 2. The molecule has 0 fully saturated rings. The van der Waals surface area contributed by atoms with Gasteiger partial charge in [0.15, 0.2) is 0 Å². The Labute approximate surface area is 77.3 Å². The first-order chi connectivity index (χ1) is 5.59. The zero-order valence-electron chi connectivity index (χ0n) is 9.22. The minimum atomic E-state index is 0.585. The molecule has 0 aliphatic heterocycles. The van der Waals surface area contributed by atoms with Crippen molar-refractivity contribution in [3.05, 3.63) is 0 Å². The van der Waals surface area contributed by atoms with Crippen LogP contribution < -0.4 is 5.43 Å². The van der Waals surface area contributed by atoms with Crippen molar-refractivity contribution in [1.29, 1.82) is 0 Å². The summed E-state index contributed by atoms with van der Waals surface area (Å²) in [5.74, 6) is 0. The second-order valence-corrected chi connectivity index (χ2v) is 3.86. The first-order valence-electron chi connectivity index (χ1n) is 5.11. The van der Waals surface area contributed by atoms with Gasteiger partial charge in [-0.1, -0.05) is 13.3 Å². The summed E-state index contributed by atoms with van der Waals surface area (Å²) in [6, 6.07) is 1.17. The molecule has 12 heavy (non-hydrogen) atoms. The maximum absolute atomic E-state index is 3.45. The van der Waals surface area contributed by atoms with Gasteiger partial charge < -0.3 is 0 Å². The second kappa shape index (κ2) is 6.44. The Balaban J connectivity index is 3.64. The Morgan fingerprint density at radius 1 is 1.08 bits per heavy atom. The number of nitrogens with zero attached hydrogens (tertiary/aromatic N) is 1. The molecule has 0 heterocycles. The molecule has 0 amide bonds. The molecule has 0 saturated carbocycles. The van der Waals surface area contributed by atoms with Crippen molar-refractivity contribution in [3.8, 4) is 0 Å². The maximum Gasteiger partial charge on any atom is 0.0189 e. The summed E-state index contributed by atoms with van der Waals surface area (Å²) in [5, 5.41) is 2.32. The zero-order valence-corrected chi connectivity index (χ0v) is 9.22. The van der Waals surface area contributed by atoms with Crippen LogP contribution in [0.5, 0.6) is 0 Å². The van der Waals surface area contributed by atoms with Crippen LogP contribution in [0.2, 0.25) is 0 Å². The van der Waals surface area contributed by atoms with Crippen molar-refractivity contribution in [1.82, 2.24) is 10.4 Å². The molecule has 0 rings (SSSR count). The van der Waals surface area contributed by atoms with Crippen LogP contribution in [0.15, 0.2) is 0 Å². The molecule has 0 aliphatic carbocycles. The summed E-state index contributed by atoms with van der Waals surface area (Å²) >= 11 is 0. The van der Waals surface area contributed by atoms with E-state index in [1.54, 1.807) is 0 Å². The highest BCUT2D eigenvalue weighted by Crippen LogP contribution is 2.00. The lowest BCUT2D eigenvalue weighted by atomic mass is 10.3. The quantitative estimate of drug-likeness (QED) is 0.489. The van der Waals surface area contributed by atoms with Gasteiger partial charge in [0.2, 0.25) is 0 Å². The van der Waals surface area contributed by atoms with E-state index in [2.05, 4.69) is 45.1 Å². The summed E-state index contributed by atoms with van der Waals surface area (Å²) in [6.45, 7) is 12.2. The molecule has 0 spiro atoms. The number of hydrogen-bond donors (Lipinski definition) is 1. The molecular weight excluding hydrogens is 148 g/mol. The third-order valence-corrected chi connectivity index (χ3v) is 1.94. The van der Waals surface area contributed by atoms with Gasteiger partial charge in [0.05, 0.1) is 0 Å². The van der Waals surface area contributed by atoms with E-state index in [4.69, 9.17) is 0 Å². The van der Waals surface area contributed by atoms with Gasteiger partial charge in [-0.15, -0.1) is 0 Å². The monoisotopic (exact) mass is 172 g/mol. The molecule has 0 bridgehead atoms. The number of rotatable bonds is 6. The average Bonchev–Trinajstić information content (AvgIpc) is 1.96. The van der Waals surface area contributed by atoms with Crippen LogP contribution in [0, 0.1) is 0 Å². The fourth-order valence-electron chi connectivity index (χ4n) is 1.35. The van der Waals surface area contributed by atoms with E-state index in [0.29, 0.717) is 12.1 Å². The van der Waals surface area contributed by atoms with Gasteiger partial charge in [0.1, 0.15) is 0 Å². The average molecular weight is 172 g/mol. The van der Waals surface area contributed by atoms with Gasteiger partial charge in [-0.05, 0) is 34.1 Å². The molecule has 0 atom stereocenters. The summed E-state index contributed by atoms with van der Waals surface area (Å²) < 4.78 is 0. The second-order valence-electron chi connectivity index (χ2n) is 3.86. The van der Waals surface area contributed by atoms with Crippen LogP contribution in [0.25, 0.3) is 0 Å². The molecule has 0 aromatic carbocycles. The summed E-state index contributed by atoms with van der Waals surface area (Å²) in [5.41, 5.74) is 3.45. The number of nitrogens with one attached hydrogen (secondary N) is 1. The molecule has 0 saturated heterocycles. The molecule has 0 aromatic rings. The lowest BCUT2D eigenvalue weighted by Crippen LogP contribution is -2.47. The maximum atomic E-state index is 3.45. The molecular formula is C10H24N2. The molecule has 0 aliphatic rings. The lowest BCUT2D eigenvalue weighted by molar-refractivity contribution is 0.103. The van der Waals surface area contributed by atoms with Crippen LogP contribution in [0.1, 0.15) is 47.5 Å². The topological polar surface area (TPSA) is 15.3 Å². The Hall–Kier alpha value is -0.0800. The largest absolute Gasteiger partial charge is 0.255 e. The van der Waals surface area contributed by atoms with E-state index >= 15 is 0 Å². The standard InChI is InChI=1S/C10H24N2/c1-6-7-8-11-12(9(2)3)10(4)5/h9-11H,6-8H2,1-5H3. The minimum absolute atomic E-state index is 0.585. The third-order valence-electron chi connectivity index (χ3n) is 1.94. The van der Waals surface area contributed by atoms with E-state index in [1.807, 2.05) is 0 Å². The number of unbranched alkanes of at least 4 members (excludes halogenated alkanes) is 1. The Morgan fingerprint density at radius 3 is 1.92 bits per heavy atom. The highest BCUT2D eigenvalue weighted by Gasteiger charge is 2.11. The van der Waals surface area contributed by atoms with Gasteiger partial charge in [-0.2, -0.15) is 0 Å². The summed E-state index contributed by atoms with van der Waals surface area (Å²) in [6.07, 6.45) is 2.52. The predicted molar refractivity (Wildman–Crippen MR) is 55.0 cm³/mol. The van der Waals surface area contributed by atoms with Crippen molar-refractivity contribution < 1.29 is 0 Å². The predicted octanol–water partition coefficient (Wildman–Crippen LogP) is 2.41. The summed E-state index contributed by atoms with van der Waals surface area (Å²) in [4.78, 5) is 0. The zero-order chi connectivity index (χ0) is 9.56. The van der Waals surface area contributed by atoms with Crippen molar-refractivity contribution in [2.45, 2.75) is 59.5 Å². The van der Waals surface area contributed by atoms with Crippen LogP contribution in [0.4, 0.5) is 0 Å². The smallest absolute Gasteiger partial charge is 0.0189 e. The molecule has 0 radical (unpaired) electrons. The first kappa shape index (κ1) is 11.9. The fourth-order valence-corrected chi connectivity index (χ4v) is 1.35.